The molecule has 49 heavy (non-hydrogen) atoms. The van der Waals surface area contributed by atoms with Gasteiger partial charge in [-0.3, -0.25) is 0 Å². The third-order valence-electron chi connectivity index (χ3n) is 9.62. The van der Waals surface area contributed by atoms with Crippen LogP contribution in [0.15, 0.2) is 125 Å². The molecule has 1 aliphatic carbocycles. The van der Waals surface area contributed by atoms with Gasteiger partial charge < -0.3 is 0 Å². The summed E-state index contributed by atoms with van der Waals surface area (Å²) in [4.78, 5) is 11.2. The number of rotatable bonds is 7. The quantitative estimate of drug-likeness (QED) is 0.154. The Hall–Kier alpha value is -5.22. The lowest BCUT2D eigenvalue weighted by Crippen LogP contribution is -2.12. The van der Waals surface area contributed by atoms with Crippen molar-refractivity contribution in [1.82, 2.24) is 0 Å². The smallest absolute Gasteiger partial charge is 0.123 e. The van der Waals surface area contributed by atoms with E-state index < -0.39 is 0 Å². The fourth-order valence-corrected chi connectivity index (χ4v) is 7.31. The Bertz CT molecular complexity index is 2180. The third-order valence-corrected chi connectivity index (χ3v) is 9.62. The second kappa shape index (κ2) is 13.0. The molecule has 244 valence electrons. The second-order valence-corrected chi connectivity index (χ2v) is 13.8. The monoisotopic (exact) mass is 646 g/mol. The van der Waals surface area contributed by atoms with Gasteiger partial charge in [0, 0.05) is 22.4 Å². The van der Waals surface area contributed by atoms with Crippen LogP contribution in [0, 0.1) is 25.5 Å². The number of hydrogen-bond donors (Lipinski definition) is 0. The van der Waals surface area contributed by atoms with Crippen LogP contribution >= 0.6 is 0 Å². The molecule has 2 nitrogen and oxygen atoms in total. The molecule has 0 aliphatic heterocycles. The van der Waals surface area contributed by atoms with E-state index in [0.717, 1.165) is 72.5 Å². The van der Waals surface area contributed by atoms with Gasteiger partial charge in [-0.25, -0.2) is 18.8 Å². The lowest BCUT2D eigenvalue weighted by atomic mass is 9.82. The Labute approximate surface area is 287 Å². The predicted octanol–water partition coefficient (Wildman–Crippen LogP) is 12.4. The standard InChI is InChI=1S/C45H40F2N2/c1-26(2)35-12-9-13-36(27(3)4)43(35)49-45-38-15-8-11-30-10-7-14-37(41(30)38)44(45)48-42-29(6)24-28(5)25-39(42)40(31-16-20-33(46)21-17-31)32-18-22-34(47)23-19-32/h7-27,40H,1-6H3. The summed E-state index contributed by atoms with van der Waals surface area (Å²) in [6.07, 6.45) is 0. The van der Waals surface area contributed by atoms with E-state index in [2.05, 4.69) is 108 Å². The van der Waals surface area contributed by atoms with E-state index in [4.69, 9.17) is 9.98 Å². The number of aryl methyl sites for hydroxylation is 2. The van der Waals surface area contributed by atoms with Gasteiger partial charge in [0.25, 0.3) is 0 Å². The van der Waals surface area contributed by atoms with E-state index in [0.29, 0.717) is 0 Å². The molecule has 0 radical (unpaired) electrons. The van der Waals surface area contributed by atoms with Gasteiger partial charge in [-0.05, 0) is 88.7 Å². The van der Waals surface area contributed by atoms with Crippen LogP contribution in [0.4, 0.5) is 20.2 Å². The van der Waals surface area contributed by atoms with Gasteiger partial charge in [0.1, 0.15) is 11.6 Å². The SMILES string of the molecule is Cc1cc(C)c(N=C2C(=Nc3c(C(C)C)cccc3C(C)C)c3cccc4cccc2c34)c(C(c2ccc(F)cc2)c2ccc(F)cc2)c1. The minimum absolute atomic E-state index is 0.288. The molecule has 1 aliphatic rings. The summed E-state index contributed by atoms with van der Waals surface area (Å²) < 4.78 is 28.4. The van der Waals surface area contributed by atoms with Gasteiger partial charge in [-0.15, -0.1) is 0 Å². The zero-order valence-electron chi connectivity index (χ0n) is 28.9. The zero-order valence-corrected chi connectivity index (χ0v) is 28.9. The van der Waals surface area contributed by atoms with Crippen molar-refractivity contribution in [2.75, 3.05) is 0 Å². The highest BCUT2D eigenvalue weighted by Gasteiger charge is 2.30. The Kier molecular flexibility index (Phi) is 8.58. The second-order valence-electron chi connectivity index (χ2n) is 13.8. The predicted molar refractivity (Wildman–Crippen MR) is 201 cm³/mol. The first-order chi connectivity index (χ1) is 23.6. The van der Waals surface area contributed by atoms with Crippen molar-refractivity contribution in [3.8, 4) is 0 Å². The topological polar surface area (TPSA) is 24.7 Å². The summed E-state index contributed by atoms with van der Waals surface area (Å²) >= 11 is 0. The van der Waals surface area contributed by atoms with Crippen LogP contribution < -0.4 is 0 Å². The number of nitrogens with zero attached hydrogens (tertiary/aromatic N) is 2. The summed E-state index contributed by atoms with van der Waals surface area (Å²) in [6.45, 7) is 13.0. The van der Waals surface area contributed by atoms with E-state index in [1.54, 1.807) is 0 Å². The number of benzene rings is 6. The van der Waals surface area contributed by atoms with Crippen molar-refractivity contribution in [2.45, 2.75) is 59.3 Å². The Morgan fingerprint density at radius 2 is 0.980 bits per heavy atom. The van der Waals surface area contributed by atoms with Gasteiger partial charge in [-0.2, -0.15) is 0 Å². The summed E-state index contributed by atoms with van der Waals surface area (Å²) in [7, 11) is 0. The molecule has 7 rings (SSSR count). The Morgan fingerprint density at radius 1 is 0.510 bits per heavy atom. The molecule has 4 heteroatoms. The first kappa shape index (κ1) is 32.3. The summed E-state index contributed by atoms with van der Waals surface area (Å²) in [6, 6.07) is 36.8. The lowest BCUT2D eigenvalue weighted by Gasteiger charge is -2.23. The van der Waals surface area contributed by atoms with Gasteiger partial charge >= 0.3 is 0 Å². The maximum Gasteiger partial charge on any atom is 0.123 e. The van der Waals surface area contributed by atoms with E-state index in [9.17, 15) is 8.78 Å². The summed E-state index contributed by atoms with van der Waals surface area (Å²) in [5, 5.41) is 2.29. The zero-order chi connectivity index (χ0) is 34.4. The maximum atomic E-state index is 14.2. The fourth-order valence-electron chi connectivity index (χ4n) is 7.31. The van der Waals surface area contributed by atoms with Gasteiger partial charge in [-0.1, -0.05) is 124 Å². The van der Waals surface area contributed by atoms with Crippen LogP contribution in [0.2, 0.25) is 0 Å². The molecule has 0 amide bonds. The fraction of sp³-hybridized carbons (Fsp3) is 0.200. The van der Waals surface area contributed by atoms with Crippen molar-refractivity contribution < 1.29 is 8.78 Å². The lowest BCUT2D eigenvalue weighted by molar-refractivity contribution is 0.626. The molecule has 6 aromatic rings. The van der Waals surface area contributed by atoms with Crippen molar-refractivity contribution in [1.29, 1.82) is 0 Å². The van der Waals surface area contributed by atoms with Crippen LogP contribution in [0.1, 0.15) is 95.5 Å². The highest BCUT2D eigenvalue weighted by Crippen LogP contribution is 2.43. The number of para-hydroxylation sites is 1. The highest BCUT2D eigenvalue weighted by atomic mass is 19.1. The molecule has 0 heterocycles. The number of halogens is 2. The molecule has 0 aromatic heterocycles. The summed E-state index contributed by atoms with van der Waals surface area (Å²) in [5.74, 6) is -0.342. The van der Waals surface area contributed by atoms with E-state index in [-0.39, 0.29) is 29.4 Å². The molecule has 6 aromatic carbocycles. The number of aliphatic imine (C=N–C) groups is 2. The molecule has 0 saturated heterocycles. The molecule has 0 atom stereocenters. The summed E-state index contributed by atoms with van der Waals surface area (Å²) in [5.41, 5.74) is 12.9. The van der Waals surface area contributed by atoms with Crippen molar-refractivity contribution in [2.24, 2.45) is 9.98 Å². The molecule has 0 unspecified atom stereocenters. The average molecular weight is 647 g/mol. The van der Waals surface area contributed by atoms with Gasteiger partial charge in [0.05, 0.1) is 22.8 Å². The number of hydrogen-bond acceptors (Lipinski definition) is 2. The Balaban J connectivity index is 1.54. The highest BCUT2D eigenvalue weighted by molar-refractivity contribution is 6.61. The molecule has 0 saturated carbocycles. The molecular formula is C45H40F2N2. The molecule has 0 spiro atoms. The van der Waals surface area contributed by atoms with E-state index in [1.807, 2.05) is 24.3 Å². The molecule has 0 fully saturated rings. The Morgan fingerprint density at radius 3 is 1.47 bits per heavy atom. The molecule has 0 bridgehead atoms. The van der Waals surface area contributed by atoms with Gasteiger partial charge in [0.2, 0.25) is 0 Å². The van der Waals surface area contributed by atoms with Crippen molar-refractivity contribution >= 4 is 33.6 Å². The van der Waals surface area contributed by atoms with Crippen LogP contribution in [0.5, 0.6) is 0 Å². The first-order valence-corrected chi connectivity index (χ1v) is 17.1. The maximum absolute atomic E-state index is 14.2. The van der Waals surface area contributed by atoms with Crippen molar-refractivity contribution in [3.05, 3.63) is 177 Å². The van der Waals surface area contributed by atoms with E-state index >= 15 is 0 Å². The van der Waals surface area contributed by atoms with Crippen LogP contribution in [-0.2, 0) is 0 Å². The minimum atomic E-state index is -0.312. The minimum Gasteiger partial charge on any atom is -0.245 e. The first-order valence-electron chi connectivity index (χ1n) is 17.1. The van der Waals surface area contributed by atoms with E-state index in [1.165, 1.54) is 35.4 Å². The average Bonchev–Trinajstić information content (AvgIpc) is 3.37. The third kappa shape index (κ3) is 6.01. The van der Waals surface area contributed by atoms with Crippen LogP contribution in [0.25, 0.3) is 10.8 Å². The van der Waals surface area contributed by atoms with Crippen molar-refractivity contribution in [3.63, 3.8) is 0 Å². The molecule has 0 N–H and O–H groups in total. The van der Waals surface area contributed by atoms with Crippen LogP contribution in [-0.4, -0.2) is 11.4 Å². The van der Waals surface area contributed by atoms with Crippen LogP contribution in [0.3, 0.4) is 0 Å². The largest absolute Gasteiger partial charge is 0.245 e. The normalized spacial score (nSPS) is 14.3. The van der Waals surface area contributed by atoms with Gasteiger partial charge in [0.15, 0.2) is 0 Å². The molecular weight excluding hydrogens is 607 g/mol.